The van der Waals surface area contributed by atoms with Crippen molar-refractivity contribution in [2.75, 3.05) is 38.7 Å². The predicted octanol–water partition coefficient (Wildman–Crippen LogP) is 4.89. The number of rotatable bonds is 12. The standard InChI is InChI=1S/C21H32N4O2S.HI/c1-4-22-21(23-12-6-5-11-20-24-17(2)16-28-20)25-18-9-7-10-19(15-18)27-14-8-13-26-3;/h7,9-10,15-16H,4-6,8,11-14H2,1-3H3,(H2,22,23,25);1H. The van der Waals surface area contributed by atoms with Gasteiger partial charge in [0.25, 0.3) is 0 Å². The number of anilines is 1. The molecule has 0 atom stereocenters. The van der Waals surface area contributed by atoms with Gasteiger partial charge in [0.1, 0.15) is 5.75 Å². The maximum atomic E-state index is 5.76. The van der Waals surface area contributed by atoms with Crippen molar-refractivity contribution in [2.45, 2.75) is 39.5 Å². The van der Waals surface area contributed by atoms with Gasteiger partial charge in [-0.2, -0.15) is 0 Å². The zero-order chi connectivity index (χ0) is 20.0. The lowest BCUT2D eigenvalue weighted by molar-refractivity contribution is 0.172. The smallest absolute Gasteiger partial charge is 0.195 e. The summed E-state index contributed by atoms with van der Waals surface area (Å²) >= 11 is 1.74. The molecule has 1 heterocycles. The first kappa shape index (κ1) is 25.6. The average Bonchev–Trinajstić information content (AvgIpc) is 3.10. The summed E-state index contributed by atoms with van der Waals surface area (Å²) in [7, 11) is 1.70. The number of ether oxygens (including phenoxy) is 2. The molecule has 2 N–H and O–H groups in total. The van der Waals surface area contributed by atoms with Crippen LogP contribution >= 0.6 is 35.3 Å². The van der Waals surface area contributed by atoms with Crippen LogP contribution in [0.25, 0.3) is 0 Å². The van der Waals surface area contributed by atoms with Crippen LogP contribution < -0.4 is 15.4 Å². The average molecular weight is 532 g/mol. The Morgan fingerprint density at radius 1 is 1.21 bits per heavy atom. The number of methoxy groups -OCH3 is 1. The van der Waals surface area contributed by atoms with Gasteiger partial charge in [0, 0.05) is 56.1 Å². The van der Waals surface area contributed by atoms with E-state index in [4.69, 9.17) is 9.47 Å². The molecule has 8 heteroatoms. The van der Waals surface area contributed by atoms with Crippen LogP contribution in [0.5, 0.6) is 5.75 Å². The molecule has 0 unspecified atom stereocenters. The third kappa shape index (κ3) is 10.8. The number of guanidine groups is 1. The van der Waals surface area contributed by atoms with Gasteiger partial charge >= 0.3 is 0 Å². The molecule has 0 radical (unpaired) electrons. The van der Waals surface area contributed by atoms with Crippen molar-refractivity contribution in [3.8, 4) is 5.75 Å². The van der Waals surface area contributed by atoms with E-state index in [0.717, 1.165) is 61.9 Å². The molecule has 0 saturated carbocycles. The molecule has 1 aromatic carbocycles. The lowest BCUT2D eigenvalue weighted by Gasteiger charge is -2.13. The second-order valence-corrected chi connectivity index (χ2v) is 7.39. The van der Waals surface area contributed by atoms with Gasteiger partial charge in [-0.05, 0) is 45.2 Å². The van der Waals surface area contributed by atoms with E-state index >= 15 is 0 Å². The van der Waals surface area contributed by atoms with Gasteiger partial charge in [0.2, 0.25) is 0 Å². The first-order valence-electron chi connectivity index (χ1n) is 9.89. The van der Waals surface area contributed by atoms with Crippen molar-refractivity contribution in [2.24, 2.45) is 4.99 Å². The molecule has 1 aromatic heterocycles. The summed E-state index contributed by atoms with van der Waals surface area (Å²) < 4.78 is 10.8. The van der Waals surface area contributed by atoms with E-state index in [0.29, 0.717) is 13.2 Å². The molecule has 0 aliphatic carbocycles. The molecule has 0 aliphatic heterocycles. The molecule has 0 aliphatic rings. The molecule has 162 valence electrons. The third-order valence-corrected chi connectivity index (χ3v) is 4.96. The Morgan fingerprint density at radius 2 is 2.07 bits per heavy atom. The Morgan fingerprint density at radius 3 is 2.79 bits per heavy atom. The van der Waals surface area contributed by atoms with Gasteiger partial charge < -0.3 is 20.1 Å². The molecule has 0 amide bonds. The molecule has 0 spiro atoms. The van der Waals surface area contributed by atoms with Crippen LogP contribution in [0.15, 0.2) is 34.6 Å². The van der Waals surface area contributed by atoms with Crippen molar-refractivity contribution in [3.05, 3.63) is 40.3 Å². The molecule has 0 bridgehead atoms. The Bertz CT molecular complexity index is 724. The number of hydrogen-bond donors (Lipinski definition) is 2. The SMILES string of the molecule is CCNC(=NCCCCc1nc(C)cs1)Nc1cccc(OCCCOC)c1.I. The minimum absolute atomic E-state index is 0. The fourth-order valence-electron chi connectivity index (χ4n) is 2.60. The summed E-state index contributed by atoms with van der Waals surface area (Å²) in [4.78, 5) is 9.19. The minimum Gasteiger partial charge on any atom is -0.493 e. The largest absolute Gasteiger partial charge is 0.493 e. The highest BCUT2D eigenvalue weighted by atomic mass is 127. The zero-order valence-corrected chi connectivity index (χ0v) is 20.7. The molecule has 6 nitrogen and oxygen atoms in total. The van der Waals surface area contributed by atoms with Gasteiger partial charge in [0.05, 0.1) is 11.6 Å². The molecule has 2 aromatic rings. The van der Waals surface area contributed by atoms with Crippen LogP contribution in [0.4, 0.5) is 5.69 Å². The van der Waals surface area contributed by atoms with Gasteiger partial charge in [-0.3, -0.25) is 4.99 Å². The molecular weight excluding hydrogens is 499 g/mol. The van der Waals surface area contributed by atoms with Crippen LogP contribution in [0, 0.1) is 6.92 Å². The van der Waals surface area contributed by atoms with E-state index in [1.165, 1.54) is 5.01 Å². The van der Waals surface area contributed by atoms with Crippen molar-refractivity contribution in [1.29, 1.82) is 0 Å². The number of unbranched alkanes of at least 4 members (excludes halogenated alkanes) is 1. The number of nitrogens with one attached hydrogen (secondary N) is 2. The monoisotopic (exact) mass is 532 g/mol. The molecule has 0 fully saturated rings. The van der Waals surface area contributed by atoms with Gasteiger partial charge in [-0.1, -0.05) is 6.07 Å². The number of benzene rings is 1. The predicted molar refractivity (Wildman–Crippen MR) is 133 cm³/mol. The number of halogens is 1. The second kappa shape index (κ2) is 15.4. The Labute approximate surface area is 195 Å². The van der Waals surface area contributed by atoms with E-state index in [2.05, 4.69) is 32.9 Å². The minimum atomic E-state index is 0. The Hall–Kier alpha value is -1.39. The van der Waals surface area contributed by atoms with E-state index < -0.39 is 0 Å². The van der Waals surface area contributed by atoms with Crippen LogP contribution in [0.3, 0.4) is 0 Å². The van der Waals surface area contributed by atoms with Crippen molar-refractivity contribution >= 4 is 47.0 Å². The number of thiazole rings is 1. The quantitative estimate of drug-likeness (QED) is 0.177. The van der Waals surface area contributed by atoms with Crippen LogP contribution in [-0.4, -0.2) is 44.4 Å². The maximum Gasteiger partial charge on any atom is 0.195 e. The summed E-state index contributed by atoms with van der Waals surface area (Å²) in [5.74, 6) is 1.64. The lowest BCUT2D eigenvalue weighted by atomic mass is 10.2. The summed E-state index contributed by atoms with van der Waals surface area (Å²) in [6, 6.07) is 7.94. The van der Waals surface area contributed by atoms with Gasteiger partial charge in [-0.15, -0.1) is 35.3 Å². The fraction of sp³-hybridized carbons (Fsp3) is 0.524. The number of aliphatic imine (C=N–C) groups is 1. The second-order valence-electron chi connectivity index (χ2n) is 6.45. The van der Waals surface area contributed by atoms with E-state index in [1.807, 2.05) is 31.2 Å². The molecular formula is C21H33IN4O2S. The van der Waals surface area contributed by atoms with Crippen LogP contribution in [0.1, 0.15) is 36.9 Å². The number of nitrogens with zero attached hydrogens (tertiary/aromatic N) is 2. The summed E-state index contributed by atoms with van der Waals surface area (Å²) in [5.41, 5.74) is 2.07. The van der Waals surface area contributed by atoms with Crippen LogP contribution in [0.2, 0.25) is 0 Å². The fourth-order valence-corrected chi connectivity index (χ4v) is 3.42. The topological polar surface area (TPSA) is 67.8 Å². The Balaban J connectivity index is 0.00000420. The highest BCUT2D eigenvalue weighted by molar-refractivity contribution is 14.0. The number of hydrogen-bond acceptors (Lipinski definition) is 5. The maximum absolute atomic E-state index is 5.76. The van der Waals surface area contributed by atoms with Gasteiger partial charge in [0.15, 0.2) is 5.96 Å². The zero-order valence-electron chi connectivity index (χ0n) is 17.6. The number of aromatic nitrogens is 1. The number of aryl methyl sites for hydroxylation is 2. The first-order valence-corrected chi connectivity index (χ1v) is 10.8. The van der Waals surface area contributed by atoms with Gasteiger partial charge in [-0.25, -0.2) is 4.98 Å². The highest BCUT2D eigenvalue weighted by Crippen LogP contribution is 2.17. The Kier molecular flexibility index (Phi) is 13.7. The lowest BCUT2D eigenvalue weighted by Crippen LogP contribution is -2.30. The highest BCUT2D eigenvalue weighted by Gasteiger charge is 2.02. The van der Waals surface area contributed by atoms with E-state index in [-0.39, 0.29) is 24.0 Å². The first-order chi connectivity index (χ1) is 13.7. The van der Waals surface area contributed by atoms with Crippen molar-refractivity contribution in [3.63, 3.8) is 0 Å². The molecule has 0 saturated heterocycles. The van der Waals surface area contributed by atoms with E-state index in [1.54, 1.807) is 18.4 Å². The van der Waals surface area contributed by atoms with Crippen molar-refractivity contribution in [1.82, 2.24) is 10.3 Å². The normalized spacial score (nSPS) is 11.1. The van der Waals surface area contributed by atoms with Crippen molar-refractivity contribution < 1.29 is 9.47 Å². The third-order valence-electron chi connectivity index (χ3n) is 3.94. The summed E-state index contributed by atoms with van der Waals surface area (Å²) in [6.07, 6.45) is 4.04. The molecule has 2 rings (SSSR count). The van der Waals surface area contributed by atoms with E-state index in [9.17, 15) is 0 Å². The summed E-state index contributed by atoms with van der Waals surface area (Å²) in [5, 5.41) is 9.98. The molecule has 29 heavy (non-hydrogen) atoms. The van der Waals surface area contributed by atoms with Crippen LogP contribution in [-0.2, 0) is 11.2 Å². The summed E-state index contributed by atoms with van der Waals surface area (Å²) in [6.45, 7) is 7.06.